The maximum Gasteiger partial charge on any atom is 0.522 e. The predicted octanol–water partition coefficient (Wildman–Crippen LogP) is 0.857. The SMILES string of the molecule is FC(F)(F)OCCN1C=CCN1. The van der Waals surface area contributed by atoms with Gasteiger partial charge in [0.15, 0.2) is 0 Å². The molecule has 70 valence electrons. The maximum absolute atomic E-state index is 11.5. The first-order valence-electron chi connectivity index (χ1n) is 3.45. The second kappa shape index (κ2) is 3.77. The minimum absolute atomic E-state index is 0.190. The van der Waals surface area contributed by atoms with E-state index in [1.807, 2.05) is 6.08 Å². The van der Waals surface area contributed by atoms with Crippen molar-refractivity contribution < 1.29 is 17.9 Å². The van der Waals surface area contributed by atoms with Gasteiger partial charge in [0.1, 0.15) is 0 Å². The van der Waals surface area contributed by atoms with Crippen molar-refractivity contribution in [3.8, 4) is 0 Å². The molecule has 1 aliphatic rings. The fraction of sp³-hybridized carbons (Fsp3) is 0.667. The molecule has 6 heteroatoms. The summed E-state index contributed by atoms with van der Waals surface area (Å²) >= 11 is 0. The number of ether oxygens (including phenoxy) is 1. The molecular weight excluding hydrogens is 173 g/mol. The molecule has 1 aliphatic heterocycles. The van der Waals surface area contributed by atoms with E-state index in [1.165, 1.54) is 0 Å². The minimum atomic E-state index is -4.52. The molecule has 1 N–H and O–H groups in total. The molecule has 0 saturated heterocycles. The van der Waals surface area contributed by atoms with Crippen molar-refractivity contribution in [3.05, 3.63) is 12.3 Å². The van der Waals surface area contributed by atoms with Crippen molar-refractivity contribution in [2.75, 3.05) is 19.7 Å². The van der Waals surface area contributed by atoms with Crippen LogP contribution in [0.3, 0.4) is 0 Å². The lowest BCUT2D eigenvalue weighted by Crippen LogP contribution is -2.33. The highest BCUT2D eigenvalue weighted by Gasteiger charge is 2.28. The van der Waals surface area contributed by atoms with Gasteiger partial charge in [-0.3, -0.25) is 4.74 Å². The summed E-state index contributed by atoms with van der Waals surface area (Å²) in [7, 11) is 0. The molecule has 3 nitrogen and oxygen atoms in total. The third-order valence-corrected chi connectivity index (χ3v) is 1.30. The zero-order valence-electron chi connectivity index (χ0n) is 6.27. The number of halogens is 3. The van der Waals surface area contributed by atoms with Crippen LogP contribution in [0.1, 0.15) is 0 Å². The molecule has 0 bridgehead atoms. The summed E-state index contributed by atoms with van der Waals surface area (Å²) in [6, 6.07) is 0. The fourth-order valence-corrected chi connectivity index (χ4v) is 0.816. The van der Waals surface area contributed by atoms with Crippen LogP contribution in [0.4, 0.5) is 13.2 Å². The summed E-state index contributed by atoms with van der Waals surface area (Å²) in [6.45, 7) is 0.489. The van der Waals surface area contributed by atoms with Crippen LogP contribution < -0.4 is 5.43 Å². The Bertz CT molecular complexity index is 169. The summed E-state index contributed by atoms with van der Waals surface area (Å²) in [5.41, 5.74) is 2.82. The Hall–Kier alpha value is -0.750. The number of hydrogen-bond acceptors (Lipinski definition) is 3. The summed E-state index contributed by atoms with van der Waals surface area (Å²) in [4.78, 5) is 0. The number of hydrazine groups is 1. The van der Waals surface area contributed by atoms with Gasteiger partial charge in [0.25, 0.3) is 0 Å². The van der Waals surface area contributed by atoms with Crippen LogP contribution in [0.5, 0.6) is 0 Å². The van der Waals surface area contributed by atoms with Gasteiger partial charge in [-0.15, -0.1) is 13.2 Å². The van der Waals surface area contributed by atoms with Crippen molar-refractivity contribution >= 4 is 0 Å². The van der Waals surface area contributed by atoms with Crippen LogP contribution in [0.2, 0.25) is 0 Å². The highest BCUT2D eigenvalue weighted by molar-refractivity contribution is 4.88. The van der Waals surface area contributed by atoms with E-state index < -0.39 is 6.36 Å². The average molecular weight is 182 g/mol. The molecule has 0 aromatic rings. The van der Waals surface area contributed by atoms with Gasteiger partial charge in [0.2, 0.25) is 0 Å². The monoisotopic (exact) mass is 182 g/mol. The topological polar surface area (TPSA) is 24.5 Å². The van der Waals surface area contributed by atoms with Gasteiger partial charge in [-0.1, -0.05) is 6.08 Å². The summed E-state index contributed by atoms with van der Waals surface area (Å²) in [6.07, 6.45) is -1.03. The third kappa shape index (κ3) is 3.59. The van der Waals surface area contributed by atoms with Crippen LogP contribution in [0.25, 0.3) is 0 Å². The first-order chi connectivity index (χ1) is 5.58. The van der Waals surface area contributed by atoms with Crippen LogP contribution in [0.15, 0.2) is 12.3 Å². The highest BCUT2D eigenvalue weighted by atomic mass is 19.4. The van der Waals surface area contributed by atoms with Gasteiger partial charge >= 0.3 is 6.36 Å². The molecule has 0 amide bonds. The Balaban J connectivity index is 2.06. The highest BCUT2D eigenvalue weighted by Crippen LogP contribution is 2.15. The first-order valence-corrected chi connectivity index (χ1v) is 3.45. The zero-order chi connectivity index (χ0) is 9.03. The smallest absolute Gasteiger partial charge is 0.313 e. The third-order valence-electron chi connectivity index (χ3n) is 1.30. The largest absolute Gasteiger partial charge is 0.522 e. The zero-order valence-corrected chi connectivity index (χ0v) is 6.27. The molecule has 0 aliphatic carbocycles. The molecule has 0 atom stereocenters. The lowest BCUT2D eigenvalue weighted by Gasteiger charge is -2.16. The van der Waals surface area contributed by atoms with Gasteiger partial charge in [0, 0.05) is 12.7 Å². The standard InChI is InChI=1S/C6H9F3N2O/c7-6(8,9)12-5-4-11-3-1-2-10-11/h1,3,10H,2,4-5H2. The number of hydrogen-bond donors (Lipinski definition) is 1. The van der Waals surface area contributed by atoms with Crippen LogP contribution in [-0.2, 0) is 4.74 Å². The van der Waals surface area contributed by atoms with Gasteiger partial charge in [-0.25, -0.2) is 5.43 Å². The predicted molar refractivity (Wildman–Crippen MR) is 35.9 cm³/mol. The van der Waals surface area contributed by atoms with E-state index in [0.717, 1.165) is 0 Å². The van der Waals surface area contributed by atoms with E-state index in [1.54, 1.807) is 11.2 Å². The molecule has 0 spiro atoms. The van der Waals surface area contributed by atoms with Crippen LogP contribution >= 0.6 is 0 Å². The molecule has 0 saturated carbocycles. The first kappa shape index (κ1) is 9.34. The van der Waals surface area contributed by atoms with E-state index in [-0.39, 0.29) is 13.2 Å². The minimum Gasteiger partial charge on any atom is -0.313 e. The van der Waals surface area contributed by atoms with Crippen LogP contribution in [-0.4, -0.2) is 31.1 Å². The van der Waals surface area contributed by atoms with Gasteiger partial charge in [0.05, 0.1) is 13.2 Å². The summed E-state index contributed by atoms with van der Waals surface area (Å²) < 4.78 is 37.9. The molecule has 12 heavy (non-hydrogen) atoms. The Morgan fingerprint density at radius 3 is 2.75 bits per heavy atom. The summed E-state index contributed by atoms with van der Waals surface area (Å²) in [5.74, 6) is 0. The Morgan fingerprint density at radius 2 is 2.25 bits per heavy atom. The molecule has 0 unspecified atom stereocenters. The Morgan fingerprint density at radius 1 is 1.50 bits per heavy atom. The number of nitrogens with zero attached hydrogens (tertiary/aromatic N) is 1. The quantitative estimate of drug-likeness (QED) is 0.700. The van der Waals surface area contributed by atoms with Gasteiger partial charge < -0.3 is 5.01 Å². The fourth-order valence-electron chi connectivity index (χ4n) is 0.816. The second-order valence-corrected chi connectivity index (χ2v) is 2.23. The lowest BCUT2D eigenvalue weighted by molar-refractivity contribution is -0.324. The molecule has 0 fully saturated rings. The van der Waals surface area contributed by atoms with Crippen molar-refractivity contribution in [2.24, 2.45) is 0 Å². The molecule has 1 rings (SSSR count). The molecular formula is C6H9F3N2O. The van der Waals surface area contributed by atoms with E-state index in [0.29, 0.717) is 6.54 Å². The van der Waals surface area contributed by atoms with E-state index >= 15 is 0 Å². The Labute approximate surface area is 67.8 Å². The molecule has 0 aromatic heterocycles. The molecule has 0 radical (unpaired) electrons. The summed E-state index contributed by atoms with van der Waals surface area (Å²) in [5, 5.41) is 1.55. The molecule has 0 aromatic carbocycles. The number of alkyl halides is 3. The number of rotatable bonds is 3. The molecule has 1 heterocycles. The van der Waals surface area contributed by atoms with Crippen LogP contribution in [0, 0.1) is 0 Å². The van der Waals surface area contributed by atoms with E-state index in [2.05, 4.69) is 10.2 Å². The van der Waals surface area contributed by atoms with E-state index in [9.17, 15) is 13.2 Å². The normalized spacial score (nSPS) is 17.4. The van der Waals surface area contributed by atoms with Crippen molar-refractivity contribution in [1.29, 1.82) is 0 Å². The lowest BCUT2D eigenvalue weighted by atomic mass is 10.6. The maximum atomic E-state index is 11.5. The second-order valence-electron chi connectivity index (χ2n) is 2.23. The van der Waals surface area contributed by atoms with Gasteiger partial charge in [-0.2, -0.15) is 0 Å². The van der Waals surface area contributed by atoms with E-state index in [4.69, 9.17) is 0 Å². The number of nitrogens with one attached hydrogen (secondary N) is 1. The average Bonchev–Trinajstić information content (AvgIpc) is 2.36. The van der Waals surface area contributed by atoms with Crippen molar-refractivity contribution in [2.45, 2.75) is 6.36 Å². The van der Waals surface area contributed by atoms with Crippen molar-refractivity contribution in [3.63, 3.8) is 0 Å². The van der Waals surface area contributed by atoms with Crippen molar-refractivity contribution in [1.82, 2.24) is 10.4 Å². The van der Waals surface area contributed by atoms with Gasteiger partial charge in [-0.05, 0) is 0 Å². The Kier molecular flexibility index (Phi) is 2.93.